The molecule has 0 atom stereocenters. The smallest absolute Gasteiger partial charge is 0.181 e. The van der Waals surface area contributed by atoms with Crippen molar-refractivity contribution in [1.29, 1.82) is 0 Å². The first-order chi connectivity index (χ1) is 9.20. The van der Waals surface area contributed by atoms with Crippen LogP contribution in [0.15, 0.2) is 48.5 Å². The zero-order chi connectivity index (χ0) is 13.7. The van der Waals surface area contributed by atoms with Crippen LogP contribution in [0.2, 0.25) is 0 Å². The number of ketones is 1. The van der Waals surface area contributed by atoms with E-state index in [4.69, 9.17) is 4.74 Å². The molecule has 1 N–H and O–H groups in total. The molecule has 0 unspecified atom stereocenters. The van der Waals surface area contributed by atoms with Crippen molar-refractivity contribution in [3.8, 4) is 5.75 Å². The molecule has 0 aliphatic rings. The van der Waals surface area contributed by atoms with Crippen molar-refractivity contribution in [3.63, 3.8) is 0 Å². The quantitative estimate of drug-likeness (QED) is 0.833. The highest BCUT2D eigenvalue weighted by Crippen LogP contribution is 2.22. The number of Topliss-reactive ketones (excluding diaryl/α,β-unsaturated/α-hetero) is 1. The third-order valence-corrected chi connectivity index (χ3v) is 2.92. The molecule has 0 aliphatic heterocycles. The minimum absolute atomic E-state index is 0.0610. The largest absolute Gasteiger partial charge is 0.495 e. The topological polar surface area (TPSA) is 38.3 Å². The van der Waals surface area contributed by atoms with Crippen LogP contribution in [0.1, 0.15) is 15.9 Å². The van der Waals surface area contributed by atoms with E-state index in [-0.39, 0.29) is 12.3 Å². The molecule has 0 aliphatic carbocycles. The maximum Gasteiger partial charge on any atom is 0.181 e. The standard InChI is InChI=1S/C16H17NO2/c1-12-7-9-13(10-8-12)15(18)11-17-14-5-3-4-6-16(14)19-2/h3-10,17H,11H2,1-2H3. The van der Waals surface area contributed by atoms with Gasteiger partial charge < -0.3 is 10.1 Å². The van der Waals surface area contributed by atoms with E-state index < -0.39 is 0 Å². The fourth-order valence-electron chi connectivity index (χ4n) is 1.81. The number of anilines is 1. The van der Waals surface area contributed by atoms with Crippen molar-refractivity contribution >= 4 is 11.5 Å². The average Bonchev–Trinajstić information content (AvgIpc) is 2.45. The molecule has 19 heavy (non-hydrogen) atoms. The Bertz CT molecular complexity index is 561. The maximum absolute atomic E-state index is 12.0. The zero-order valence-corrected chi connectivity index (χ0v) is 11.1. The van der Waals surface area contributed by atoms with E-state index in [1.165, 1.54) is 0 Å². The van der Waals surface area contributed by atoms with E-state index in [0.29, 0.717) is 5.56 Å². The van der Waals surface area contributed by atoms with Crippen LogP contribution in [0, 0.1) is 6.92 Å². The Balaban J connectivity index is 2.02. The van der Waals surface area contributed by atoms with Crippen molar-refractivity contribution in [2.45, 2.75) is 6.92 Å². The summed E-state index contributed by atoms with van der Waals surface area (Å²) in [6, 6.07) is 15.1. The molecule has 0 saturated heterocycles. The Hall–Kier alpha value is -2.29. The van der Waals surface area contributed by atoms with Gasteiger partial charge in [-0.3, -0.25) is 4.79 Å². The van der Waals surface area contributed by atoms with E-state index in [2.05, 4.69) is 5.32 Å². The SMILES string of the molecule is COc1ccccc1NCC(=O)c1ccc(C)cc1. The van der Waals surface area contributed by atoms with Crippen LogP contribution in [0.5, 0.6) is 5.75 Å². The molecule has 0 heterocycles. The van der Waals surface area contributed by atoms with Gasteiger partial charge in [0.2, 0.25) is 0 Å². The van der Waals surface area contributed by atoms with E-state index in [1.54, 1.807) is 7.11 Å². The average molecular weight is 255 g/mol. The minimum atomic E-state index is 0.0610. The Kier molecular flexibility index (Phi) is 4.18. The van der Waals surface area contributed by atoms with Crippen molar-refractivity contribution in [2.24, 2.45) is 0 Å². The lowest BCUT2D eigenvalue weighted by atomic mass is 10.1. The molecule has 0 saturated carbocycles. The summed E-state index contributed by atoms with van der Waals surface area (Å²) in [6.45, 7) is 2.25. The summed E-state index contributed by atoms with van der Waals surface area (Å²) in [4.78, 5) is 12.0. The summed E-state index contributed by atoms with van der Waals surface area (Å²) >= 11 is 0. The molecule has 0 spiro atoms. The highest BCUT2D eigenvalue weighted by atomic mass is 16.5. The number of rotatable bonds is 5. The van der Waals surface area contributed by atoms with Crippen molar-refractivity contribution in [2.75, 3.05) is 19.0 Å². The van der Waals surface area contributed by atoms with Gasteiger partial charge in [0, 0.05) is 5.56 Å². The minimum Gasteiger partial charge on any atom is -0.495 e. The summed E-state index contributed by atoms with van der Waals surface area (Å²) in [5, 5.41) is 3.10. The molecular formula is C16H17NO2. The molecule has 0 bridgehead atoms. The van der Waals surface area contributed by atoms with Crippen molar-refractivity contribution in [1.82, 2.24) is 0 Å². The van der Waals surface area contributed by atoms with E-state index in [0.717, 1.165) is 17.0 Å². The van der Waals surface area contributed by atoms with Gasteiger partial charge in [-0.25, -0.2) is 0 Å². The first-order valence-electron chi connectivity index (χ1n) is 6.17. The third kappa shape index (κ3) is 3.35. The van der Waals surface area contributed by atoms with Crippen molar-refractivity contribution in [3.05, 3.63) is 59.7 Å². The second kappa shape index (κ2) is 6.05. The maximum atomic E-state index is 12.0. The molecule has 0 aromatic heterocycles. The van der Waals surface area contributed by atoms with Gasteiger partial charge in [0.05, 0.1) is 19.3 Å². The number of carbonyl (C=O) groups is 1. The lowest BCUT2D eigenvalue weighted by molar-refractivity contribution is 0.101. The monoisotopic (exact) mass is 255 g/mol. The molecule has 3 nitrogen and oxygen atoms in total. The molecule has 3 heteroatoms. The van der Waals surface area contributed by atoms with Gasteiger partial charge in [-0.05, 0) is 19.1 Å². The summed E-state index contributed by atoms with van der Waals surface area (Å²) in [5.41, 5.74) is 2.69. The number of nitrogens with one attached hydrogen (secondary N) is 1. The molecule has 2 aromatic rings. The summed E-state index contributed by atoms with van der Waals surface area (Å²) in [5.74, 6) is 0.796. The van der Waals surface area contributed by atoms with E-state index in [9.17, 15) is 4.79 Å². The summed E-state index contributed by atoms with van der Waals surface area (Å²) < 4.78 is 5.23. The summed E-state index contributed by atoms with van der Waals surface area (Å²) in [7, 11) is 1.61. The number of carbonyl (C=O) groups excluding carboxylic acids is 1. The lowest BCUT2D eigenvalue weighted by Gasteiger charge is -2.10. The second-order valence-electron chi connectivity index (χ2n) is 4.34. The first-order valence-corrected chi connectivity index (χ1v) is 6.17. The number of aryl methyl sites for hydroxylation is 1. The Morgan fingerprint density at radius 3 is 2.47 bits per heavy atom. The highest BCUT2D eigenvalue weighted by molar-refractivity contribution is 5.99. The third-order valence-electron chi connectivity index (χ3n) is 2.92. The lowest BCUT2D eigenvalue weighted by Crippen LogP contribution is -2.14. The molecule has 2 aromatic carbocycles. The molecule has 2 rings (SSSR count). The van der Waals surface area contributed by atoms with Crippen molar-refractivity contribution < 1.29 is 9.53 Å². The normalized spacial score (nSPS) is 10.0. The Morgan fingerprint density at radius 2 is 1.79 bits per heavy atom. The second-order valence-corrected chi connectivity index (χ2v) is 4.34. The Morgan fingerprint density at radius 1 is 1.11 bits per heavy atom. The highest BCUT2D eigenvalue weighted by Gasteiger charge is 2.07. The molecular weight excluding hydrogens is 238 g/mol. The van der Waals surface area contributed by atoms with Gasteiger partial charge in [0.15, 0.2) is 5.78 Å². The van der Waals surface area contributed by atoms with Crippen LogP contribution in [0.3, 0.4) is 0 Å². The first kappa shape index (κ1) is 13.1. The van der Waals surface area contributed by atoms with Gasteiger partial charge in [0.25, 0.3) is 0 Å². The zero-order valence-electron chi connectivity index (χ0n) is 11.1. The van der Waals surface area contributed by atoms with E-state index >= 15 is 0 Å². The van der Waals surface area contributed by atoms with Crippen LogP contribution in [-0.4, -0.2) is 19.4 Å². The molecule has 0 amide bonds. The number of benzene rings is 2. The number of para-hydroxylation sites is 2. The fourth-order valence-corrected chi connectivity index (χ4v) is 1.81. The van der Waals surface area contributed by atoms with Gasteiger partial charge in [-0.2, -0.15) is 0 Å². The molecule has 98 valence electrons. The Labute approximate surface area is 113 Å². The van der Waals surface area contributed by atoms with Gasteiger partial charge >= 0.3 is 0 Å². The number of hydrogen-bond donors (Lipinski definition) is 1. The van der Waals surface area contributed by atoms with Crippen LogP contribution in [0.4, 0.5) is 5.69 Å². The fraction of sp³-hybridized carbons (Fsp3) is 0.188. The summed E-state index contributed by atoms with van der Waals surface area (Å²) in [6.07, 6.45) is 0. The van der Waals surface area contributed by atoms with Gasteiger partial charge in [0.1, 0.15) is 5.75 Å². The van der Waals surface area contributed by atoms with Crippen LogP contribution >= 0.6 is 0 Å². The van der Waals surface area contributed by atoms with Crippen LogP contribution < -0.4 is 10.1 Å². The van der Waals surface area contributed by atoms with Gasteiger partial charge in [-0.1, -0.05) is 42.0 Å². The number of hydrogen-bond acceptors (Lipinski definition) is 3. The number of methoxy groups -OCH3 is 1. The molecule has 0 fully saturated rings. The number of ether oxygens (including phenoxy) is 1. The van der Waals surface area contributed by atoms with Crippen LogP contribution in [-0.2, 0) is 0 Å². The van der Waals surface area contributed by atoms with Gasteiger partial charge in [-0.15, -0.1) is 0 Å². The van der Waals surface area contributed by atoms with Crippen LogP contribution in [0.25, 0.3) is 0 Å². The van der Waals surface area contributed by atoms with E-state index in [1.807, 2.05) is 55.5 Å². The predicted molar refractivity (Wildman–Crippen MR) is 77.0 cm³/mol. The predicted octanol–water partition coefficient (Wildman–Crippen LogP) is 3.30. The molecule has 0 radical (unpaired) electrons.